The molecule has 2 aliphatic rings. The average Bonchev–Trinajstić information content (AvgIpc) is 2.15. The molecule has 0 radical (unpaired) electrons. The molecule has 0 unspecified atom stereocenters. The number of amides is 1. The lowest BCUT2D eigenvalue weighted by atomic mass is 9.68. The molecule has 1 spiro atoms. The van der Waals surface area contributed by atoms with Gasteiger partial charge in [-0.15, -0.1) is 0 Å². The highest BCUT2D eigenvalue weighted by Gasteiger charge is 2.63. The molecule has 0 saturated carbocycles. The van der Waals surface area contributed by atoms with Crippen LogP contribution in [-0.2, 0) is 4.74 Å². The molecule has 1 amide bonds. The van der Waals surface area contributed by atoms with E-state index in [1.54, 1.807) is 20.8 Å². The predicted molar refractivity (Wildman–Crippen MR) is 67.3 cm³/mol. The van der Waals surface area contributed by atoms with Gasteiger partial charge in [0.05, 0.1) is 12.0 Å². The van der Waals surface area contributed by atoms with Crippen LogP contribution in [0.2, 0.25) is 0 Å². The Balaban J connectivity index is 1.98. The fourth-order valence-electron chi connectivity index (χ4n) is 2.80. The van der Waals surface area contributed by atoms with E-state index in [1.165, 1.54) is 4.90 Å². The zero-order valence-electron chi connectivity index (χ0n) is 11.9. The topological polar surface area (TPSA) is 41.6 Å². The maximum atomic E-state index is 14.0. The second-order valence-electron chi connectivity index (χ2n) is 6.81. The van der Waals surface area contributed by atoms with Gasteiger partial charge < -0.3 is 15.0 Å². The molecule has 2 heterocycles. The highest BCUT2D eigenvalue weighted by molar-refractivity contribution is 5.69. The number of halogens is 2. The monoisotopic (exact) mass is 276 g/mol. The van der Waals surface area contributed by atoms with Crippen molar-refractivity contribution in [3.05, 3.63) is 0 Å². The van der Waals surface area contributed by atoms with Crippen molar-refractivity contribution in [3.63, 3.8) is 0 Å². The molecule has 2 fully saturated rings. The molecule has 110 valence electrons. The number of hydrogen-bond donors (Lipinski definition) is 1. The van der Waals surface area contributed by atoms with Crippen LogP contribution in [0.4, 0.5) is 13.6 Å². The summed E-state index contributed by atoms with van der Waals surface area (Å²) in [6.07, 6.45) is -0.112. The van der Waals surface area contributed by atoms with Crippen LogP contribution in [0.5, 0.6) is 0 Å². The zero-order valence-corrected chi connectivity index (χ0v) is 11.9. The summed E-state index contributed by atoms with van der Waals surface area (Å²) < 4.78 is 33.2. The van der Waals surface area contributed by atoms with E-state index in [0.29, 0.717) is 6.42 Å². The maximum Gasteiger partial charge on any atom is 0.410 e. The van der Waals surface area contributed by atoms with Crippen LogP contribution < -0.4 is 5.32 Å². The molecule has 2 aliphatic heterocycles. The number of hydrogen-bond acceptors (Lipinski definition) is 3. The average molecular weight is 276 g/mol. The molecule has 2 saturated heterocycles. The van der Waals surface area contributed by atoms with Crippen molar-refractivity contribution in [2.45, 2.75) is 51.7 Å². The largest absolute Gasteiger partial charge is 0.444 e. The highest BCUT2D eigenvalue weighted by Crippen LogP contribution is 2.49. The van der Waals surface area contributed by atoms with Gasteiger partial charge in [-0.1, -0.05) is 0 Å². The Hall–Kier alpha value is -0.910. The Morgan fingerprint density at radius 1 is 1.37 bits per heavy atom. The first-order valence-electron chi connectivity index (χ1n) is 6.64. The second kappa shape index (κ2) is 4.30. The van der Waals surface area contributed by atoms with E-state index in [4.69, 9.17) is 4.74 Å². The number of nitrogens with zero attached hydrogens (tertiary/aromatic N) is 1. The SMILES string of the molecule is C[C@@H]1CC2(CN(C(=O)OC(C)(C)C)C2)C(F)(F)CN1. The molecular formula is C13H22F2N2O2. The fraction of sp³-hybridized carbons (Fsp3) is 0.923. The van der Waals surface area contributed by atoms with Gasteiger partial charge in [0.15, 0.2) is 0 Å². The summed E-state index contributed by atoms with van der Waals surface area (Å²) in [6, 6.07) is 0.0559. The quantitative estimate of drug-likeness (QED) is 0.738. The number of carbonyl (C=O) groups is 1. The van der Waals surface area contributed by atoms with Gasteiger partial charge >= 0.3 is 6.09 Å². The predicted octanol–water partition coefficient (Wildman–Crippen LogP) is 2.24. The van der Waals surface area contributed by atoms with Gasteiger partial charge in [0.1, 0.15) is 5.60 Å². The summed E-state index contributed by atoms with van der Waals surface area (Å²) in [6.45, 7) is 7.05. The first-order valence-corrected chi connectivity index (χ1v) is 6.64. The van der Waals surface area contributed by atoms with Crippen molar-refractivity contribution in [1.29, 1.82) is 0 Å². The van der Waals surface area contributed by atoms with Crippen molar-refractivity contribution in [2.75, 3.05) is 19.6 Å². The van der Waals surface area contributed by atoms with Crippen LogP contribution in [0.1, 0.15) is 34.1 Å². The molecule has 2 rings (SSSR count). The molecule has 0 bridgehead atoms. The first kappa shape index (κ1) is 14.5. The van der Waals surface area contributed by atoms with Crippen LogP contribution in [0.15, 0.2) is 0 Å². The van der Waals surface area contributed by atoms with Gasteiger partial charge in [0.2, 0.25) is 0 Å². The summed E-state index contributed by atoms with van der Waals surface area (Å²) in [7, 11) is 0. The van der Waals surface area contributed by atoms with Crippen molar-refractivity contribution in [2.24, 2.45) is 5.41 Å². The van der Waals surface area contributed by atoms with E-state index in [1.807, 2.05) is 6.92 Å². The minimum atomic E-state index is -2.77. The lowest BCUT2D eigenvalue weighted by molar-refractivity contribution is -0.203. The lowest BCUT2D eigenvalue weighted by Crippen LogP contribution is -2.72. The van der Waals surface area contributed by atoms with E-state index in [9.17, 15) is 13.6 Å². The smallest absolute Gasteiger partial charge is 0.410 e. The molecule has 6 heteroatoms. The van der Waals surface area contributed by atoms with Crippen LogP contribution in [0.3, 0.4) is 0 Å². The molecule has 0 aromatic carbocycles. The number of rotatable bonds is 0. The number of nitrogens with one attached hydrogen (secondary N) is 1. The van der Waals surface area contributed by atoms with Crippen LogP contribution in [0, 0.1) is 5.41 Å². The van der Waals surface area contributed by atoms with Gasteiger partial charge in [-0.25, -0.2) is 13.6 Å². The first-order chi connectivity index (χ1) is 8.55. The van der Waals surface area contributed by atoms with Crippen molar-refractivity contribution in [1.82, 2.24) is 10.2 Å². The van der Waals surface area contributed by atoms with E-state index < -0.39 is 23.0 Å². The Kier molecular flexibility index (Phi) is 3.28. The number of piperidine rings is 1. The minimum absolute atomic E-state index is 0.0559. The van der Waals surface area contributed by atoms with Crippen molar-refractivity contribution >= 4 is 6.09 Å². The third kappa shape index (κ3) is 2.68. The van der Waals surface area contributed by atoms with Gasteiger partial charge in [-0.2, -0.15) is 0 Å². The molecule has 0 aromatic rings. The van der Waals surface area contributed by atoms with E-state index >= 15 is 0 Å². The zero-order chi connectivity index (χ0) is 14.5. The number of ether oxygens (including phenoxy) is 1. The minimum Gasteiger partial charge on any atom is -0.444 e. The standard InChI is InChI=1S/C13H22F2N2O2/c1-9-5-12(13(14,15)6-16-9)7-17(8-12)10(18)19-11(2,3)4/h9,16H,5-8H2,1-4H3/t9-/m1/s1. The Morgan fingerprint density at radius 2 is 1.95 bits per heavy atom. The number of carbonyl (C=O) groups excluding carboxylic acids is 1. The van der Waals surface area contributed by atoms with E-state index in [2.05, 4.69) is 5.32 Å². The van der Waals surface area contributed by atoms with Crippen LogP contribution >= 0.6 is 0 Å². The fourth-order valence-corrected chi connectivity index (χ4v) is 2.80. The molecule has 4 nitrogen and oxygen atoms in total. The van der Waals surface area contributed by atoms with Gasteiger partial charge in [-0.3, -0.25) is 0 Å². The lowest BCUT2D eigenvalue weighted by Gasteiger charge is -2.56. The third-order valence-electron chi connectivity index (χ3n) is 3.78. The van der Waals surface area contributed by atoms with Gasteiger partial charge in [-0.05, 0) is 34.1 Å². The van der Waals surface area contributed by atoms with Gasteiger partial charge in [0, 0.05) is 19.1 Å². The molecule has 1 atom stereocenters. The second-order valence-corrected chi connectivity index (χ2v) is 6.81. The summed E-state index contributed by atoms with van der Waals surface area (Å²) in [4.78, 5) is 13.2. The van der Waals surface area contributed by atoms with E-state index in [-0.39, 0.29) is 25.7 Å². The van der Waals surface area contributed by atoms with Crippen molar-refractivity contribution in [3.8, 4) is 0 Å². The highest BCUT2D eigenvalue weighted by atomic mass is 19.3. The van der Waals surface area contributed by atoms with Crippen LogP contribution in [0.25, 0.3) is 0 Å². The molecule has 1 N–H and O–H groups in total. The molecular weight excluding hydrogens is 254 g/mol. The summed E-state index contributed by atoms with van der Waals surface area (Å²) in [5, 5.41) is 2.79. The Bertz CT molecular complexity index is 373. The van der Waals surface area contributed by atoms with Crippen molar-refractivity contribution < 1.29 is 18.3 Å². The number of alkyl halides is 2. The Morgan fingerprint density at radius 3 is 2.47 bits per heavy atom. The third-order valence-corrected chi connectivity index (χ3v) is 3.78. The van der Waals surface area contributed by atoms with Gasteiger partial charge in [0.25, 0.3) is 5.92 Å². The summed E-state index contributed by atoms with van der Waals surface area (Å²) in [5.41, 5.74) is -1.67. The molecule has 0 aliphatic carbocycles. The summed E-state index contributed by atoms with van der Waals surface area (Å²) >= 11 is 0. The normalized spacial score (nSPS) is 28.9. The maximum absolute atomic E-state index is 14.0. The molecule has 0 aromatic heterocycles. The van der Waals surface area contributed by atoms with Crippen LogP contribution in [-0.4, -0.2) is 48.2 Å². The number of likely N-dealkylation sites (tertiary alicyclic amines) is 1. The van der Waals surface area contributed by atoms with E-state index in [0.717, 1.165) is 0 Å². The Labute approximate surface area is 112 Å². The summed E-state index contributed by atoms with van der Waals surface area (Å²) in [5.74, 6) is -2.77. The molecule has 19 heavy (non-hydrogen) atoms.